The highest BCUT2D eigenvalue weighted by molar-refractivity contribution is 7.99. The topological polar surface area (TPSA) is 38.5 Å². The number of nitrogens with two attached hydrogens (primary N) is 1. The van der Waals surface area contributed by atoms with E-state index < -0.39 is 0 Å². The van der Waals surface area contributed by atoms with Crippen molar-refractivity contribution in [2.24, 2.45) is 11.7 Å². The maximum Gasteiger partial charge on any atom is 0.0621 e. The molecule has 0 saturated carbocycles. The molecule has 2 N–H and O–H groups in total. The van der Waals surface area contributed by atoms with Crippen molar-refractivity contribution in [3.63, 3.8) is 0 Å². The molecule has 0 radical (unpaired) electrons. The molecule has 0 aromatic carbocycles. The van der Waals surface area contributed by atoms with E-state index in [-0.39, 0.29) is 6.04 Å². The number of ether oxygens (including phenoxy) is 1. The molecule has 0 aliphatic carbocycles. The van der Waals surface area contributed by atoms with Gasteiger partial charge in [0.05, 0.1) is 13.2 Å². The zero-order chi connectivity index (χ0) is 9.10. The minimum absolute atomic E-state index is 0.273. The molecule has 0 aromatic heterocycles. The summed E-state index contributed by atoms with van der Waals surface area (Å²) in [6.45, 7) is 5.22. The van der Waals surface area contributed by atoms with Crippen molar-refractivity contribution in [1.82, 2.24) is 4.90 Å². The van der Waals surface area contributed by atoms with Gasteiger partial charge in [0.25, 0.3) is 0 Å². The predicted octanol–water partition coefficient (Wildman–Crippen LogP) is 0.00890. The molecular weight excluding hydrogens is 184 g/mol. The molecule has 2 atom stereocenters. The first kappa shape index (κ1) is 9.77. The van der Waals surface area contributed by atoms with Crippen LogP contribution in [0.4, 0.5) is 0 Å². The first-order valence-electron chi connectivity index (χ1n) is 4.99. The molecule has 0 bridgehead atoms. The van der Waals surface area contributed by atoms with E-state index in [4.69, 9.17) is 10.5 Å². The largest absolute Gasteiger partial charge is 0.379 e. The van der Waals surface area contributed by atoms with Gasteiger partial charge in [-0.2, -0.15) is 11.8 Å². The third-order valence-electron chi connectivity index (χ3n) is 2.84. The van der Waals surface area contributed by atoms with Gasteiger partial charge in [0, 0.05) is 43.1 Å². The highest BCUT2D eigenvalue weighted by atomic mass is 32.2. The highest BCUT2D eigenvalue weighted by Gasteiger charge is 2.27. The minimum atomic E-state index is 0.273. The monoisotopic (exact) mass is 202 g/mol. The molecule has 3 nitrogen and oxygen atoms in total. The maximum atomic E-state index is 5.94. The van der Waals surface area contributed by atoms with Crippen LogP contribution in [0.1, 0.15) is 0 Å². The van der Waals surface area contributed by atoms with Crippen LogP contribution >= 0.6 is 11.8 Å². The van der Waals surface area contributed by atoms with Gasteiger partial charge in [0.2, 0.25) is 0 Å². The molecule has 0 amide bonds. The number of thioether (sulfide) groups is 1. The molecule has 2 fully saturated rings. The van der Waals surface area contributed by atoms with Crippen LogP contribution in [0.15, 0.2) is 0 Å². The summed E-state index contributed by atoms with van der Waals surface area (Å²) in [6, 6.07) is 0.273. The van der Waals surface area contributed by atoms with Crippen LogP contribution in [0.25, 0.3) is 0 Å². The van der Waals surface area contributed by atoms with Gasteiger partial charge in [-0.05, 0) is 0 Å². The van der Waals surface area contributed by atoms with Crippen molar-refractivity contribution in [1.29, 1.82) is 0 Å². The lowest BCUT2D eigenvalue weighted by molar-refractivity contribution is 0.170. The van der Waals surface area contributed by atoms with E-state index in [1.165, 1.54) is 24.6 Å². The Morgan fingerprint density at radius 1 is 1.31 bits per heavy atom. The SMILES string of the molecule is NC1COCC1CN1CCSCC1. The van der Waals surface area contributed by atoms with Gasteiger partial charge >= 0.3 is 0 Å². The Morgan fingerprint density at radius 3 is 2.69 bits per heavy atom. The molecule has 0 spiro atoms. The van der Waals surface area contributed by atoms with E-state index in [0.717, 1.165) is 19.8 Å². The van der Waals surface area contributed by atoms with Crippen LogP contribution in [-0.2, 0) is 4.74 Å². The summed E-state index contributed by atoms with van der Waals surface area (Å²) < 4.78 is 5.35. The van der Waals surface area contributed by atoms with E-state index >= 15 is 0 Å². The molecule has 2 heterocycles. The Morgan fingerprint density at radius 2 is 2.08 bits per heavy atom. The zero-order valence-electron chi connectivity index (χ0n) is 7.95. The van der Waals surface area contributed by atoms with Gasteiger partial charge in [-0.3, -0.25) is 0 Å². The summed E-state index contributed by atoms with van der Waals surface area (Å²) in [6.07, 6.45) is 0. The molecule has 0 aromatic rings. The standard InChI is InChI=1S/C9H18N2OS/c10-9-7-12-6-8(9)5-11-1-3-13-4-2-11/h8-9H,1-7,10H2. The summed E-state index contributed by atoms with van der Waals surface area (Å²) in [5.74, 6) is 3.13. The van der Waals surface area contributed by atoms with E-state index in [1.54, 1.807) is 0 Å². The second-order valence-corrected chi connectivity index (χ2v) is 5.10. The molecule has 2 rings (SSSR count). The lowest BCUT2D eigenvalue weighted by Crippen LogP contribution is -2.41. The normalized spacial score (nSPS) is 36.7. The highest BCUT2D eigenvalue weighted by Crippen LogP contribution is 2.16. The van der Waals surface area contributed by atoms with Crippen molar-refractivity contribution in [2.45, 2.75) is 6.04 Å². The minimum Gasteiger partial charge on any atom is -0.379 e. The van der Waals surface area contributed by atoms with Crippen molar-refractivity contribution in [3.8, 4) is 0 Å². The van der Waals surface area contributed by atoms with Crippen LogP contribution < -0.4 is 5.73 Å². The molecule has 2 unspecified atom stereocenters. The van der Waals surface area contributed by atoms with Crippen LogP contribution in [0.3, 0.4) is 0 Å². The van der Waals surface area contributed by atoms with Gasteiger partial charge in [-0.25, -0.2) is 0 Å². The van der Waals surface area contributed by atoms with E-state index in [1.807, 2.05) is 0 Å². The quantitative estimate of drug-likeness (QED) is 0.684. The predicted molar refractivity (Wildman–Crippen MR) is 56.0 cm³/mol. The molecule has 76 valence electrons. The average Bonchev–Trinajstić information content (AvgIpc) is 2.54. The first-order chi connectivity index (χ1) is 6.36. The fourth-order valence-corrected chi connectivity index (χ4v) is 2.90. The van der Waals surface area contributed by atoms with E-state index in [0.29, 0.717) is 5.92 Å². The van der Waals surface area contributed by atoms with Crippen LogP contribution in [0.5, 0.6) is 0 Å². The second-order valence-electron chi connectivity index (χ2n) is 3.87. The summed E-state index contributed by atoms with van der Waals surface area (Å²) in [4.78, 5) is 2.52. The first-order valence-corrected chi connectivity index (χ1v) is 6.15. The summed E-state index contributed by atoms with van der Waals surface area (Å²) in [7, 11) is 0. The van der Waals surface area contributed by atoms with Gasteiger partial charge < -0.3 is 15.4 Å². The van der Waals surface area contributed by atoms with Crippen LogP contribution in [0, 0.1) is 5.92 Å². The number of nitrogens with zero attached hydrogens (tertiary/aromatic N) is 1. The Hall–Kier alpha value is 0.230. The molecule has 2 aliphatic heterocycles. The zero-order valence-corrected chi connectivity index (χ0v) is 8.76. The van der Waals surface area contributed by atoms with E-state index in [9.17, 15) is 0 Å². The fraction of sp³-hybridized carbons (Fsp3) is 1.00. The second kappa shape index (κ2) is 4.64. The average molecular weight is 202 g/mol. The summed E-state index contributed by atoms with van der Waals surface area (Å²) in [5, 5.41) is 0. The van der Waals surface area contributed by atoms with Gasteiger partial charge in [0.1, 0.15) is 0 Å². The van der Waals surface area contributed by atoms with Gasteiger partial charge in [0.15, 0.2) is 0 Å². The number of hydrogen-bond acceptors (Lipinski definition) is 4. The Labute approximate surface area is 84.0 Å². The van der Waals surface area contributed by atoms with Crippen LogP contribution in [-0.4, -0.2) is 55.3 Å². The Bertz CT molecular complexity index is 162. The molecule has 4 heteroatoms. The number of rotatable bonds is 2. The van der Waals surface area contributed by atoms with Crippen LogP contribution in [0.2, 0.25) is 0 Å². The number of hydrogen-bond donors (Lipinski definition) is 1. The lowest BCUT2D eigenvalue weighted by atomic mass is 10.0. The molecule has 13 heavy (non-hydrogen) atoms. The Kier molecular flexibility index (Phi) is 3.49. The van der Waals surface area contributed by atoms with Crippen molar-refractivity contribution >= 4 is 11.8 Å². The lowest BCUT2D eigenvalue weighted by Gasteiger charge is -2.29. The van der Waals surface area contributed by atoms with Crippen molar-refractivity contribution in [2.75, 3.05) is 44.4 Å². The third kappa shape index (κ3) is 2.59. The summed E-state index contributed by atoms with van der Waals surface area (Å²) in [5.41, 5.74) is 5.94. The molecular formula is C9H18N2OS. The maximum absolute atomic E-state index is 5.94. The summed E-state index contributed by atoms with van der Waals surface area (Å²) >= 11 is 2.05. The van der Waals surface area contributed by atoms with Crippen molar-refractivity contribution < 1.29 is 4.74 Å². The Balaban J connectivity index is 1.75. The third-order valence-corrected chi connectivity index (χ3v) is 3.79. The smallest absolute Gasteiger partial charge is 0.0621 e. The molecule has 2 saturated heterocycles. The van der Waals surface area contributed by atoms with Crippen molar-refractivity contribution in [3.05, 3.63) is 0 Å². The van der Waals surface area contributed by atoms with E-state index in [2.05, 4.69) is 16.7 Å². The fourth-order valence-electron chi connectivity index (χ4n) is 1.92. The molecule has 2 aliphatic rings. The van der Waals surface area contributed by atoms with Gasteiger partial charge in [-0.1, -0.05) is 0 Å². The van der Waals surface area contributed by atoms with Gasteiger partial charge in [-0.15, -0.1) is 0 Å².